The molecule has 0 aliphatic rings. The van der Waals surface area contributed by atoms with Crippen molar-refractivity contribution < 1.29 is 5.11 Å². The van der Waals surface area contributed by atoms with Crippen LogP contribution >= 0.6 is 34.7 Å². The van der Waals surface area contributed by atoms with Crippen LogP contribution in [0.3, 0.4) is 0 Å². The van der Waals surface area contributed by atoms with E-state index >= 15 is 0 Å². The van der Waals surface area contributed by atoms with Gasteiger partial charge in [-0.3, -0.25) is 0 Å². The van der Waals surface area contributed by atoms with Crippen LogP contribution in [0.25, 0.3) is 0 Å². The molecule has 1 aromatic carbocycles. The minimum absolute atomic E-state index is 0.484. The molecule has 1 heterocycles. The largest absolute Gasteiger partial charge is 0.383 e. The van der Waals surface area contributed by atoms with E-state index in [1.807, 2.05) is 6.92 Å². The van der Waals surface area contributed by atoms with E-state index in [1.165, 1.54) is 11.5 Å². The molecular weight excluding hydrogens is 279 g/mol. The zero-order valence-electron chi connectivity index (χ0n) is 9.02. The number of halogens is 2. The highest BCUT2D eigenvalue weighted by molar-refractivity contribution is 7.05. The van der Waals surface area contributed by atoms with Crippen molar-refractivity contribution in [2.75, 3.05) is 0 Å². The molecule has 2 aromatic rings. The average molecular weight is 289 g/mol. The van der Waals surface area contributed by atoms with Crippen molar-refractivity contribution in [3.63, 3.8) is 0 Å². The maximum Gasteiger partial charge on any atom is 0.118 e. The van der Waals surface area contributed by atoms with Crippen LogP contribution in [-0.2, 0) is 6.42 Å². The molecule has 0 spiro atoms. The maximum atomic E-state index is 10.3. The van der Waals surface area contributed by atoms with Gasteiger partial charge >= 0.3 is 0 Å². The Balaban J connectivity index is 2.43. The normalized spacial score (nSPS) is 12.7. The molecule has 1 aromatic heterocycles. The third kappa shape index (κ3) is 2.60. The summed E-state index contributed by atoms with van der Waals surface area (Å²) in [5.74, 6) is 0. The molecule has 0 bridgehead atoms. The predicted molar refractivity (Wildman–Crippen MR) is 69.8 cm³/mol. The van der Waals surface area contributed by atoms with Crippen molar-refractivity contribution in [1.82, 2.24) is 9.59 Å². The second-order valence-electron chi connectivity index (χ2n) is 3.51. The van der Waals surface area contributed by atoms with E-state index in [0.717, 1.165) is 17.0 Å². The van der Waals surface area contributed by atoms with Gasteiger partial charge in [0.25, 0.3) is 0 Å². The number of aromatic nitrogens is 2. The van der Waals surface area contributed by atoms with Crippen LogP contribution in [0.15, 0.2) is 18.2 Å². The molecule has 0 saturated carbocycles. The van der Waals surface area contributed by atoms with Crippen molar-refractivity contribution in [2.45, 2.75) is 19.4 Å². The number of aryl methyl sites for hydroxylation is 1. The maximum absolute atomic E-state index is 10.3. The minimum Gasteiger partial charge on any atom is -0.383 e. The summed E-state index contributed by atoms with van der Waals surface area (Å²) < 4.78 is 3.85. The average Bonchev–Trinajstić information content (AvgIpc) is 2.79. The molecule has 0 aliphatic heterocycles. The van der Waals surface area contributed by atoms with E-state index in [-0.39, 0.29) is 0 Å². The lowest BCUT2D eigenvalue weighted by Crippen LogP contribution is -2.01. The van der Waals surface area contributed by atoms with Gasteiger partial charge < -0.3 is 5.11 Å². The Hall–Kier alpha value is -0.680. The van der Waals surface area contributed by atoms with Crippen molar-refractivity contribution in [3.8, 4) is 0 Å². The lowest BCUT2D eigenvalue weighted by atomic mass is 10.1. The van der Waals surface area contributed by atoms with Gasteiger partial charge in [0.1, 0.15) is 6.10 Å². The molecule has 17 heavy (non-hydrogen) atoms. The van der Waals surface area contributed by atoms with Gasteiger partial charge in [0, 0.05) is 15.6 Å². The van der Waals surface area contributed by atoms with E-state index in [9.17, 15) is 5.11 Å². The van der Waals surface area contributed by atoms with E-state index in [4.69, 9.17) is 23.2 Å². The van der Waals surface area contributed by atoms with Crippen LogP contribution in [0.2, 0.25) is 10.0 Å². The molecule has 3 nitrogen and oxygen atoms in total. The van der Waals surface area contributed by atoms with E-state index in [0.29, 0.717) is 15.6 Å². The Kier molecular flexibility index (Phi) is 3.99. The molecule has 1 unspecified atom stereocenters. The molecule has 0 saturated heterocycles. The summed E-state index contributed by atoms with van der Waals surface area (Å²) in [5, 5.41) is 15.3. The summed E-state index contributed by atoms with van der Waals surface area (Å²) in [5.41, 5.74) is 1.37. The Morgan fingerprint density at radius 1 is 1.41 bits per heavy atom. The van der Waals surface area contributed by atoms with Gasteiger partial charge in [0.05, 0.1) is 10.6 Å². The number of hydrogen-bond acceptors (Lipinski definition) is 4. The highest BCUT2D eigenvalue weighted by Crippen LogP contribution is 2.33. The van der Waals surface area contributed by atoms with Gasteiger partial charge in [-0.15, -0.1) is 5.10 Å². The molecule has 1 atom stereocenters. The van der Waals surface area contributed by atoms with Gasteiger partial charge in [-0.25, -0.2) is 0 Å². The second-order valence-corrected chi connectivity index (χ2v) is 5.14. The first kappa shape index (κ1) is 12.8. The van der Waals surface area contributed by atoms with Gasteiger partial charge in [0.15, 0.2) is 0 Å². The topological polar surface area (TPSA) is 46.0 Å². The van der Waals surface area contributed by atoms with Crippen LogP contribution in [0.4, 0.5) is 0 Å². The first-order chi connectivity index (χ1) is 8.13. The fourth-order valence-electron chi connectivity index (χ4n) is 1.53. The number of aliphatic hydroxyl groups excluding tert-OH is 1. The summed E-state index contributed by atoms with van der Waals surface area (Å²) in [4.78, 5) is 0.719. The number of rotatable bonds is 3. The summed E-state index contributed by atoms with van der Waals surface area (Å²) in [6.07, 6.45) is -0.0997. The standard InChI is InChI=1S/C11H10Cl2N2OS/c1-2-9-11(17-15-14-9)10(16)7-5-6(12)3-4-8(7)13/h3-5,10,16H,2H2,1H3. The third-order valence-corrected chi connectivity index (χ3v) is 3.82. The fourth-order valence-corrected chi connectivity index (χ4v) is 2.68. The first-order valence-electron chi connectivity index (χ1n) is 5.07. The molecule has 0 fully saturated rings. The third-order valence-electron chi connectivity index (χ3n) is 2.42. The highest BCUT2D eigenvalue weighted by Gasteiger charge is 2.20. The smallest absolute Gasteiger partial charge is 0.118 e. The van der Waals surface area contributed by atoms with Crippen molar-refractivity contribution >= 4 is 34.7 Å². The summed E-state index contributed by atoms with van der Waals surface area (Å²) in [7, 11) is 0. The van der Waals surface area contributed by atoms with Crippen LogP contribution in [0.1, 0.15) is 29.2 Å². The van der Waals surface area contributed by atoms with Gasteiger partial charge in [0.2, 0.25) is 0 Å². The summed E-state index contributed by atoms with van der Waals surface area (Å²) in [6.45, 7) is 1.96. The Morgan fingerprint density at radius 3 is 2.88 bits per heavy atom. The van der Waals surface area contributed by atoms with Crippen molar-refractivity contribution in [3.05, 3.63) is 44.4 Å². The number of aliphatic hydroxyl groups is 1. The zero-order valence-corrected chi connectivity index (χ0v) is 11.4. The lowest BCUT2D eigenvalue weighted by molar-refractivity contribution is 0.223. The highest BCUT2D eigenvalue weighted by atomic mass is 35.5. The van der Waals surface area contributed by atoms with Crippen molar-refractivity contribution in [1.29, 1.82) is 0 Å². The SMILES string of the molecule is CCc1nnsc1C(O)c1cc(Cl)ccc1Cl. The van der Waals surface area contributed by atoms with Gasteiger partial charge in [-0.05, 0) is 36.2 Å². The molecule has 2 rings (SSSR count). The minimum atomic E-state index is -0.823. The molecular formula is C11H10Cl2N2OS. The number of hydrogen-bond donors (Lipinski definition) is 1. The number of benzene rings is 1. The Labute approximate surface area is 113 Å². The van der Waals surface area contributed by atoms with Crippen LogP contribution in [-0.4, -0.2) is 14.7 Å². The Bertz CT molecular complexity index is 530. The molecule has 6 heteroatoms. The van der Waals surface area contributed by atoms with E-state index in [1.54, 1.807) is 18.2 Å². The number of nitrogens with zero attached hydrogens (tertiary/aromatic N) is 2. The molecule has 0 aliphatic carbocycles. The van der Waals surface area contributed by atoms with Crippen LogP contribution in [0.5, 0.6) is 0 Å². The monoisotopic (exact) mass is 288 g/mol. The molecule has 1 N–H and O–H groups in total. The van der Waals surface area contributed by atoms with Crippen LogP contribution in [0, 0.1) is 0 Å². The summed E-state index contributed by atoms with van der Waals surface area (Å²) in [6, 6.07) is 5.02. The Morgan fingerprint density at radius 2 is 2.18 bits per heavy atom. The summed E-state index contributed by atoms with van der Waals surface area (Å²) >= 11 is 13.1. The van der Waals surface area contributed by atoms with E-state index in [2.05, 4.69) is 9.59 Å². The van der Waals surface area contributed by atoms with Crippen LogP contribution < -0.4 is 0 Å². The first-order valence-corrected chi connectivity index (χ1v) is 6.60. The van der Waals surface area contributed by atoms with Gasteiger partial charge in [-0.1, -0.05) is 34.6 Å². The molecule has 0 radical (unpaired) electrons. The molecule has 0 amide bonds. The molecule has 90 valence electrons. The van der Waals surface area contributed by atoms with E-state index < -0.39 is 6.10 Å². The fraction of sp³-hybridized carbons (Fsp3) is 0.273. The quantitative estimate of drug-likeness (QED) is 0.940. The van der Waals surface area contributed by atoms with Crippen molar-refractivity contribution in [2.24, 2.45) is 0 Å². The lowest BCUT2D eigenvalue weighted by Gasteiger charge is -2.11. The predicted octanol–water partition coefficient (Wildman–Crippen LogP) is 3.49. The zero-order chi connectivity index (χ0) is 12.4. The van der Waals surface area contributed by atoms with Gasteiger partial charge in [-0.2, -0.15) is 0 Å². The second kappa shape index (κ2) is 5.31.